The van der Waals surface area contributed by atoms with E-state index >= 15 is 0 Å². The summed E-state index contributed by atoms with van der Waals surface area (Å²) in [6.07, 6.45) is 1.18. The van der Waals surface area contributed by atoms with Crippen LogP contribution in [0, 0.1) is 0 Å². The number of hydrogen-bond acceptors (Lipinski definition) is 3. The van der Waals surface area contributed by atoms with Gasteiger partial charge in [0.25, 0.3) is 5.91 Å². The molecule has 5 nitrogen and oxygen atoms in total. The smallest absolute Gasteiger partial charge is 0.255 e. The van der Waals surface area contributed by atoms with Gasteiger partial charge in [-0.25, -0.2) is 8.42 Å². The molecular formula is C21H20N2O3S. The summed E-state index contributed by atoms with van der Waals surface area (Å²) in [5.74, 6) is -0.212. The lowest BCUT2D eigenvalue weighted by Gasteiger charge is -2.22. The second kappa shape index (κ2) is 8.05. The molecule has 27 heavy (non-hydrogen) atoms. The summed E-state index contributed by atoms with van der Waals surface area (Å²) in [4.78, 5) is 12.3. The van der Waals surface area contributed by atoms with E-state index in [4.69, 9.17) is 0 Å². The van der Waals surface area contributed by atoms with Gasteiger partial charge in [-0.2, -0.15) is 0 Å². The third kappa shape index (κ3) is 4.95. The zero-order chi connectivity index (χ0) is 19.3. The summed E-state index contributed by atoms with van der Waals surface area (Å²) in [7, 11) is -3.43. The van der Waals surface area contributed by atoms with Crippen molar-refractivity contribution < 1.29 is 13.2 Å². The van der Waals surface area contributed by atoms with Crippen LogP contribution in [0.2, 0.25) is 0 Å². The molecule has 0 spiro atoms. The maximum Gasteiger partial charge on any atom is 0.255 e. The van der Waals surface area contributed by atoms with Crippen LogP contribution in [0.3, 0.4) is 0 Å². The number of para-hydroxylation sites is 2. The molecule has 6 heteroatoms. The first kappa shape index (κ1) is 18.7. The first-order valence-electron chi connectivity index (χ1n) is 8.41. The highest BCUT2D eigenvalue weighted by Gasteiger charge is 2.17. The van der Waals surface area contributed by atoms with Gasteiger partial charge in [-0.3, -0.25) is 9.10 Å². The average molecular weight is 380 g/mol. The second-order valence-electron chi connectivity index (χ2n) is 6.12. The number of anilines is 2. The number of sulfonamides is 1. The molecule has 1 N–H and O–H groups in total. The number of nitrogens with one attached hydrogen (secondary N) is 1. The number of benzene rings is 3. The highest BCUT2D eigenvalue weighted by Crippen LogP contribution is 2.20. The van der Waals surface area contributed by atoms with E-state index in [1.165, 1.54) is 10.6 Å². The molecule has 0 aliphatic rings. The lowest BCUT2D eigenvalue weighted by Crippen LogP contribution is -2.29. The number of nitrogens with zero attached hydrogens (tertiary/aromatic N) is 1. The molecular weight excluding hydrogens is 360 g/mol. The second-order valence-corrected chi connectivity index (χ2v) is 8.03. The van der Waals surface area contributed by atoms with Crippen molar-refractivity contribution in [2.24, 2.45) is 0 Å². The van der Waals surface area contributed by atoms with E-state index in [9.17, 15) is 13.2 Å². The molecule has 138 valence electrons. The molecule has 0 heterocycles. The van der Waals surface area contributed by atoms with Crippen LogP contribution < -0.4 is 9.62 Å². The molecule has 0 unspecified atom stereocenters. The van der Waals surface area contributed by atoms with Crippen LogP contribution in [0.1, 0.15) is 15.9 Å². The number of hydrogen-bond donors (Lipinski definition) is 1. The molecule has 0 aliphatic carbocycles. The standard InChI is InChI=1S/C21H20N2O3S/c1-27(25,26)23(20-10-6-3-7-11-20)16-17-12-14-18(15-13-17)21(24)22-19-8-4-2-5-9-19/h2-15H,16H2,1H3,(H,22,24). The molecule has 0 saturated carbocycles. The van der Waals surface area contributed by atoms with Crippen LogP contribution in [0.4, 0.5) is 11.4 Å². The van der Waals surface area contributed by atoms with E-state index in [2.05, 4.69) is 5.32 Å². The largest absolute Gasteiger partial charge is 0.322 e. The van der Waals surface area contributed by atoms with Gasteiger partial charge >= 0.3 is 0 Å². The number of carbonyl (C=O) groups excluding carboxylic acids is 1. The molecule has 0 aromatic heterocycles. The van der Waals surface area contributed by atoms with E-state index in [1.54, 1.807) is 48.5 Å². The highest BCUT2D eigenvalue weighted by molar-refractivity contribution is 7.92. The van der Waals surface area contributed by atoms with E-state index in [-0.39, 0.29) is 12.5 Å². The molecule has 0 fully saturated rings. The Morgan fingerprint density at radius 1 is 0.852 bits per heavy atom. The molecule has 3 rings (SSSR count). The average Bonchev–Trinajstić information content (AvgIpc) is 2.67. The third-order valence-corrected chi connectivity index (χ3v) is 5.16. The summed E-state index contributed by atoms with van der Waals surface area (Å²) in [5, 5.41) is 2.82. The Bertz CT molecular complexity index is 1000. The SMILES string of the molecule is CS(=O)(=O)N(Cc1ccc(C(=O)Nc2ccccc2)cc1)c1ccccc1. The van der Waals surface area contributed by atoms with Crippen molar-refractivity contribution in [3.8, 4) is 0 Å². The Balaban J connectivity index is 1.75. The van der Waals surface area contributed by atoms with Gasteiger partial charge in [0, 0.05) is 11.3 Å². The Kier molecular flexibility index (Phi) is 5.57. The van der Waals surface area contributed by atoms with Gasteiger partial charge < -0.3 is 5.32 Å². The fourth-order valence-corrected chi connectivity index (χ4v) is 3.53. The van der Waals surface area contributed by atoms with E-state index in [1.807, 2.05) is 36.4 Å². The summed E-state index contributed by atoms with van der Waals surface area (Å²) in [6, 6.07) is 25.1. The van der Waals surface area contributed by atoms with Gasteiger partial charge in [0.15, 0.2) is 0 Å². The van der Waals surface area contributed by atoms with Crippen molar-refractivity contribution in [2.75, 3.05) is 15.9 Å². The van der Waals surface area contributed by atoms with Gasteiger partial charge in [-0.1, -0.05) is 48.5 Å². The van der Waals surface area contributed by atoms with Crippen LogP contribution >= 0.6 is 0 Å². The molecule has 0 radical (unpaired) electrons. The molecule has 0 bridgehead atoms. The minimum absolute atomic E-state index is 0.198. The van der Waals surface area contributed by atoms with Crippen LogP contribution in [0.25, 0.3) is 0 Å². The lowest BCUT2D eigenvalue weighted by molar-refractivity contribution is 0.102. The van der Waals surface area contributed by atoms with Gasteiger partial charge in [-0.15, -0.1) is 0 Å². The fourth-order valence-electron chi connectivity index (χ4n) is 2.65. The van der Waals surface area contributed by atoms with Crippen molar-refractivity contribution in [3.63, 3.8) is 0 Å². The molecule has 3 aromatic carbocycles. The zero-order valence-corrected chi connectivity index (χ0v) is 15.7. The molecule has 1 amide bonds. The first-order chi connectivity index (χ1) is 12.9. The van der Waals surface area contributed by atoms with E-state index in [0.717, 1.165) is 11.3 Å². The highest BCUT2D eigenvalue weighted by atomic mass is 32.2. The van der Waals surface area contributed by atoms with Crippen LogP contribution in [-0.4, -0.2) is 20.6 Å². The quantitative estimate of drug-likeness (QED) is 0.705. The number of carbonyl (C=O) groups is 1. The predicted molar refractivity (Wildman–Crippen MR) is 108 cm³/mol. The maximum atomic E-state index is 12.3. The topological polar surface area (TPSA) is 66.5 Å². The van der Waals surface area contributed by atoms with Gasteiger partial charge in [0.2, 0.25) is 10.0 Å². The van der Waals surface area contributed by atoms with Crippen molar-refractivity contribution >= 4 is 27.3 Å². The van der Waals surface area contributed by atoms with Gasteiger partial charge in [-0.05, 0) is 42.0 Å². The predicted octanol–water partition coefficient (Wildman–Crippen LogP) is 3.91. The van der Waals surface area contributed by atoms with Crippen molar-refractivity contribution in [3.05, 3.63) is 96.1 Å². The summed E-state index contributed by atoms with van der Waals surface area (Å²) < 4.78 is 25.7. The van der Waals surface area contributed by atoms with E-state index < -0.39 is 10.0 Å². The maximum absolute atomic E-state index is 12.3. The Labute approximate surface area is 159 Å². The molecule has 3 aromatic rings. The molecule has 0 aliphatic heterocycles. The van der Waals surface area contributed by atoms with Crippen molar-refractivity contribution in [1.29, 1.82) is 0 Å². The summed E-state index contributed by atoms with van der Waals surface area (Å²) in [5.41, 5.74) is 2.62. The van der Waals surface area contributed by atoms with Gasteiger partial charge in [0.05, 0.1) is 18.5 Å². The van der Waals surface area contributed by atoms with Crippen LogP contribution in [0.15, 0.2) is 84.9 Å². The van der Waals surface area contributed by atoms with Crippen LogP contribution in [-0.2, 0) is 16.6 Å². The third-order valence-electron chi connectivity index (χ3n) is 4.02. The lowest BCUT2D eigenvalue weighted by atomic mass is 10.1. The minimum Gasteiger partial charge on any atom is -0.322 e. The Morgan fingerprint density at radius 2 is 1.41 bits per heavy atom. The first-order valence-corrected chi connectivity index (χ1v) is 10.3. The summed E-state index contributed by atoms with van der Waals surface area (Å²) >= 11 is 0. The minimum atomic E-state index is -3.43. The van der Waals surface area contributed by atoms with Crippen molar-refractivity contribution in [2.45, 2.75) is 6.54 Å². The molecule has 0 atom stereocenters. The van der Waals surface area contributed by atoms with E-state index in [0.29, 0.717) is 11.3 Å². The Morgan fingerprint density at radius 3 is 1.96 bits per heavy atom. The fraction of sp³-hybridized carbons (Fsp3) is 0.0952. The normalized spacial score (nSPS) is 11.0. The Hall–Kier alpha value is -3.12. The summed E-state index contributed by atoms with van der Waals surface area (Å²) in [6.45, 7) is 0.198. The monoisotopic (exact) mass is 380 g/mol. The molecule has 0 saturated heterocycles. The number of rotatable bonds is 6. The zero-order valence-electron chi connectivity index (χ0n) is 14.9. The van der Waals surface area contributed by atoms with Gasteiger partial charge in [0.1, 0.15) is 0 Å². The number of amides is 1. The van der Waals surface area contributed by atoms with Crippen LogP contribution in [0.5, 0.6) is 0 Å². The van der Waals surface area contributed by atoms with Crippen molar-refractivity contribution in [1.82, 2.24) is 0 Å².